The topological polar surface area (TPSA) is 95.7 Å². The minimum absolute atomic E-state index is 0.0414. The molecule has 104 valence electrons. The van der Waals surface area contributed by atoms with Crippen molar-refractivity contribution in [1.29, 1.82) is 0 Å². The van der Waals surface area contributed by atoms with Crippen LogP contribution in [0.25, 0.3) is 0 Å². The third-order valence-electron chi connectivity index (χ3n) is 3.58. The van der Waals surface area contributed by atoms with E-state index in [1.807, 2.05) is 20.8 Å². The molecule has 1 saturated heterocycles. The Balaban J connectivity index is 2.80. The van der Waals surface area contributed by atoms with Crippen LogP contribution in [0, 0.1) is 11.8 Å². The molecule has 18 heavy (non-hydrogen) atoms. The van der Waals surface area contributed by atoms with Crippen LogP contribution in [-0.4, -0.2) is 47.2 Å². The fraction of sp³-hybridized carbons (Fsp3) is 0.833. The monoisotopic (exact) mass is 257 g/mol. The van der Waals surface area contributed by atoms with E-state index < -0.39 is 12.1 Å². The van der Waals surface area contributed by atoms with Crippen molar-refractivity contribution in [2.45, 2.75) is 39.3 Å². The molecule has 6 heteroatoms. The van der Waals surface area contributed by atoms with Crippen LogP contribution in [0.5, 0.6) is 0 Å². The second kappa shape index (κ2) is 6.04. The lowest BCUT2D eigenvalue weighted by Gasteiger charge is -2.31. The number of nitrogens with zero attached hydrogens (tertiary/aromatic N) is 1. The van der Waals surface area contributed by atoms with Crippen LogP contribution in [0.3, 0.4) is 0 Å². The van der Waals surface area contributed by atoms with Crippen LogP contribution >= 0.6 is 0 Å². The van der Waals surface area contributed by atoms with Gasteiger partial charge in [0.1, 0.15) is 6.04 Å². The molecule has 0 radical (unpaired) electrons. The van der Waals surface area contributed by atoms with Gasteiger partial charge in [0.25, 0.3) is 0 Å². The summed E-state index contributed by atoms with van der Waals surface area (Å²) in [6, 6.07) is -1.48. The Hall–Kier alpha value is -1.30. The molecule has 0 spiro atoms. The van der Waals surface area contributed by atoms with Gasteiger partial charge in [-0.25, -0.2) is 4.79 Å². The van der Waals surface area contributed by atoms with Gasteiger partial charge in [0, 0.05) is 6.54 Å². The smallest absolute Gasteiger partial charge is 0.312 e. The van der Waals surface area contributed by atoms with Crippen molar-refractivity contribution >= 4 is 11.9 Å². The van der Waals surface area contributed by atoms with Gasteiger partial charge in [0.05, 0.1) is 12.6 Å². The summed E-state index contributed by atoms with van der Waals surface area (Å²) in [6.07, 6.45) is 0.873. The SMILES string of the molecule is CC(C)C(NC(N)=O)C(=O)N1CCC(C)C1CO. The van der Waals surface area contributed by atoms with E-state index in [0.717, 1.165) is 6.42 Å². The third kappa shape index (κ3) is 3.13. The summed E-state index contributed by atoms with van der Waals surface area (Å²) < 4.78 is 0. The molecule has 0 bridgehead atoms. The molecule has 0 saturated carbocycles. The van der Waals surface area contributed by atoms with E-state index in [1.165, 1.54) is 0 Å². The van der Waals surface area contributed by atoms with Gasteiger partial charge in [-0.3, -0.25) is 4.79 Å². The first kappa shape index (κ1) is 14.8. The van der Waals surface area contributed by atoms with Gasteiger partial charge in [-0.05, 0) is 18.3 Å². The molecule has 6 nitrogen and oxygen atoms in total. The van der Waals surface area contributed by atoms with E-state index in [9.17, 15) is 14.7 Å². The van der Waals surface area contributed by atoms with Crippen LogP contribution in [-0.2, 0) is 4.79 Å². The van der Waals surface area contributed by atoms with Crippen molar-refractivity contribution in [3.8, 4) is 0 Å². The van der Waals surface area contributed by atoms with Crippen molar-refractivity contribution in [1.82, 2.24) is 10.2 Å². The molecule has 3 atom stereocenters. The van der Waals surface area contributed by atoms with Crippen molar-refractivity contribution in [3.05, 3.63) is 0 Å². The number of amides is 3. The average molecular weight is 257 g/mol. The standard InChI is InChI=1S/C12H23N3O3/c1-7(2)10(14-12(13)18)11(17)15-5-4-8(3)9(15)6-16/h7-10,16H,4-6H2,1-3H3,(H3,13,14,18). The summed E-state index contributed by atoms with van der Waals surface area (Å²) in [5, 5.41) is 11.8. The molecule has 0 aromatic rings. The van der Waals surface area contributed by atoms with Crippen molar-refractivity contribution in [2.75, 3.05) is 13.2 Å². The number of aliphatic hydroxyl groups is 1. The molecule has 1 rings (SSSR count). The number of rotatable bonds is 4. The van der Waals surface area contributed by atoms with Crippen molar-refractivity contribution < 1.29 is 14.7 Å². The van der Waals surface area contributed by atoms with Crippen molar-refractivity contribution in [3.63, 3.8) is 0 Å². The summed E-state index contributed by atoms with van der Waals surface area (Å²) >= 11 is 0. The molecule has 1 aliphatic rings. The highest BCUT2D eigenvalue weighted by Crippen LogP contribution is 2.25. The fourth-order valence-electron chi connectivity index (χ4n) is 2.41. The largest absolute Gasteiger partial charge is 0.394 e. The Labute approximate surface area is 108 Å². The van der Waals surface area contributed by atoms with Crippen LogP contribution in [0.4, 0.5) is 4.79 Å². The Morgan fingerprint density at radius 2 is 2.11 bits per heavy atom. The number of aliphatic hydroxyl groups excluding tert-OH is 1. The Morgan fingerprint density at radius 3 is 2.56 bits per heavy atom. The number of carbonyl (C=O) groups excluding carboxylic acids is 2. The molecule has 3 unspecified atom stereocenters. The zero-order valence-electron chi connectivity index (χ0n) is 11.2. The van der Waals surface area contributed by atoms with E-state index >= 15 is 0 Å². The van der Waals surface area contributed by atoms with Gasteiger partial charge in [-0.15, -0.1) is 0 Å². The highest BCUT2D eigenvalue weighted by Gasteiger charge is 2.38. The number of likely N-dealkylation sites (tertiary alicyclic amines) is 1. The summed E-state index contributed by atoms with van der Waals surface area (Å²) in [5.74, 6) is 0.0767. The maximum absolute atomic E-state index is 12.4. The lowest BCUT2D eigenvalue weighted by atomic mass is 10.0. The first-order chi connectivity index (χ1) is 8.38. The maximum Gasteiger partial charge on any atom is 0.312 e. The van der Waals surface area contributed by atoms with E-state index in [2.05, 4.69) is 5.32 Å². The van der Waals surface area contributed by atoms with Gasteiger partial charge in [0.15, 0.2) is 0 Å². The Bertz CT molecular complexity index is 320. The number of carbonyl (C=O) groups is 2. The third-order valence-corrected chi connectivity index (χ3v) is 3.58. The number of hydrogen-bond acceptors (Lipinski definition) is 3. The van der Waals surface area contributed by atoms with Crippen molar-refractivity contribution in [2.24, 2.45) is 17.6 Å². The van der Waals surface area contributed by atoms with E-state index in [1.54, 1.807) is 4.90 Å². The normalized spacial score (nSPS) is 25.3. The second-order valence-corrected chi connectivity index (χ2v) is 5.28. The molecule has 3 amide bonds. The molecule has 0 aliphatic carbocycles. The molecule has 1 heterocycles. The van der Waals surface area contributed by atoms with Crippen LogP contribution in [0.1, 0.15) is 27.2 Å². The predicted molar refractivity (Wildman–Crippen MR) is 67.7 cm³/mol. The summed E-state index contributed by atoms with van der Waals surface area (Å²) in [4.78, 5) is 25.0. The number of nitrogens with two attached hydrogens (primary N) is 1. The minimum atomic E-state index is -0.699. The van der Waals surface area contributed by atoms with E-state index in [0.29, 0.717) is 6.54 Å². The zero-order valence-corrected chi connectivity index (χ0v) is 11.2. The van der Waals surface area contributed by atoms with Gasteiger partial charge in [0.2, 0.25) is 5.91 Å². The summed E-state index contributed by atoms with van der Waals surface area (Å²) in [5.41, 5.74) is 5.09. The molecule has 4 N–H and O–H groups in total. The first-order valence-electron chi connectivity index (χ1n) is 6.35. The minimum Gasteiger partial charge on any atom is -0.394 e. The predicted octanol–water partition coefficient (Wildman–Crippen LogP) is -0.0914. The lowest BCUT2D eigenvalue weighted by Crippen LogP contribution is -2.54. The number of nitrogens with one attached hydrogen (secondary N) is 1. The number of primary amides is 1. The fourth-order valence-corrected chi connectivity index (χ4v) is 2.41. The number of urea groups is 1. The lowest BCUT2D eigenvalue weighted by molar-refractivity contribution is -0.136. The van der Waals surface area contributed by atoms with Gasteiger partial charge >= 0.3 is 6.03 Å². The van der Waals surface area contributed by atoms with Crippen LogP contribution in [0.2, 0.25) is 0 Å². The van der Waals surface area contributed by atoms with Gasteiger partial charge < -0.3 is 21.1 Å². The molecular weight excluding hydrogens is 234 g/mol. The molecule has 1 aliphatic heterocycles. The Morgan fingerprint density at radius 1 is 1.50 bits per heavy atom. The summed E-state index contributed by atoms with van der Waals surface area (Å²) in [6.45, 7) is 6.29. The highest BCUT2D eigenvalue weighted by molar-refractivity contribution is 5.87. The van der Waals surface area contributed by atoms with E-state index in [4.69, 9.17) is 5.73 Å². The molecule has 1 fully saturated rings. The average Bonchev–Trinajstić information content (AvgIpc) is 2.65. The zero-order chi connectivity index (χ0) is 13.9. The summed E-state index contributed by atoms with van der Waals surface area (Å²) in [7, 11) is 0. The molecule has 0 aromatic carbocycles. The number of hydrogen-bond donors (Lipinski definition) is 3. The van der Waals surface area contributed by atoms with Crippen LogP contribution in [0.15, 0.2) is 0 Å². The van der Waals surface area contributed by atoms with Gasteiger partial charge in [-0.1, -0.05) is 20.8 Å². The highest BCUT2D eigenvalue weighted by atomic mass is 16.3. The maximum atomic E-state index is 12.4. The van der Waals surface area contributed by atoms with E-state index in [-0.39, 0.29) is 30.4 Å². The first-order valence-corrected chi connectivity index (χ1v) is 6.35. The quantitative estimate of drug-likeness (QED) is 0.656. The molecule has 0 aromatic heterocycles. The second-order valence-electron chi connectivity index (χ2n) is 5.28. The van der Waals surface area contributed by atoms with Gasteiger partial charge in [-0.2, -0.15) is 0 Å². The Kier molecular flexibility index (Phi) is 4.95. The molecular formula is C12H23N3O3. The van der Waals surface area contributed by atoms with Crippen LogP contribution < -0.4 is 11.1 Å².